The molecular formula is C14H17N3O. The van der Waals surface area contributed by atoms with Crippen molar-refractivity contribution in [2.45, 2.75) is 20.8 Å². The van der Waals surface area contributed by atoms with Crippen molar-refractivity contribution in [2.24, 2.45) is 10.1 Å². The summed E-state index contributed by atoms with van der Waals surface area (Å²) in [5, 5.41) is 15.6. The summed E-state index contributed by atoms with van der Waals surface area (Å²) in [7, 11) is 0. The molecule has 0 aliphatic carbocycles. The van der Waals surface area contributed by atoms with E-state index < -0.39 is 0 Å². The van der Waals surface area contributed by atoms with Gasteiger partial charge in [-0.1, -0.05) is 6.07 Å². The van der Waals surface area contributed by atoms with E-state index in [0.29, 0.717) is 6.67 Å². The molecule has 1 heterocycles. The standard InChI is InChI=1S/C14H17N3O/c1-9-5-10(2)14(13(18)6-9)12-7-11(3)17(15-4)8-16-12/h5-7,18H,4,8H2,1-3H3. The molecule has 0 amide bonds. The van der Waals surface area contributed by atoms with E-state index in [0.717, 1.165) is 28.1 Å². The van der Waals surface area contributed by atoms with Gasteiger partial charge in [0.05, 0.1) is 5.71 Å². The summed E-state index contributed by atoms with van der Waals surface area (Å²) in [6.45, 7) is 9.82. The van der Waals surface area contributed by atoms with Crippen LogP contribution < -0.4 is 0 Å². The molecule has 0 bridgehead atoms. The Kier molecular flexibility index (Phi) is 3.19. The van der Waals surface area contributed by atoms with E-state index in [4.69, 9.17) is 0 Å². The number of allylic oxidation sites excluding steroid dienone is 2. The number of aryl methyl sites for hydroxylation is 2. The largest absolute Gasteiger partial charge is 0.507 e. The Balaban J connectivity index is 2.46. The Morgan fingerprint density at radius 1 is 1.33 bits per heavy atom. The Labute approximate surface area is 107 Å². The van der Waals surface area contributed by atoms with E-state index in [1.165, 1.54) is 0 Å². The molecule has 1 aromatic rings. The third kappa shape index (κ3) is 2.14. The summed E-state index contributed by atoms with van der Waals surface area (Å²) in [4.78, 5) is 4.43. The highest BCUT2D eigenvalue weighted by molar-refractivity contribution is 6.12. The first kappa shape index (κ1) is 12.4. The summed E-state index contributed by atoms with van der Waals surface area (Å²) in [5.74, 6) is 0.273. The maximum atomic E-state index is 10.1. The SMILES string of the molecule is C=NN1CN=C(c2c(C)cc(C)cc2O)C=C1C. The van der Waals surface area contributed by atoms with E-state index in [1.54, 1.807) is 11.1 Å². The fourth-order valence-electron chi connectivity index (χ4n) is 2.16. The second-order valence-electron chi connectivity index (χ2n) is 4.49. The molecule has 0 radical (unpaired) electrons. The van der Waals surface area contributed by atoms with Crippen LogP contribution in [0.25, 0.3) is 0 Å². The van der Waals surface area contributed by atoms with Crippen molar-refractivity contribution in [3.63, 3.8) is 0 Å². The molecule has 1 N–H and O–H groups in total. The van der Waals surface area contributed by atoms with Gasteiger partial charge in [-0.3, -0.25) is 4.99 Å². The monoisotopic (exact) mass is 243 g/mol. The Bertz CT molecular complexity index is 535. The second-order valence-corrected chi connectivity index (χ2v) is 4.49. The zero-order valence-electron chi connectivity index (χ0n) is 10.9. The van der Waals surface area contributed by atoms with E-state index in [-0.39, 0.29) is 5.75 Å². The number of benzene rings is 1. The highest BCUT2D eigenvalue weighted by Crippen LogP contribution is 2.26. The Hall–Kier alpha value is -2.10. The van der Waals surface area contributed by atoms with Gasteiger partial charge in [-0.2, -0.15) is 5.10 Å². The van der Waals surface area contributed by atoms with Gasteiger partial charge in [0, 0.05) is 18.0 Å². The fourth-order valence-corrected chi connectivity index (χ4v) is 2.16. The summed E-state index contributed by atoms with van der Waals surface area (Å²) in [5.41, 5.74) is 4.62. The zero-order valence-corrected chi connectivity index (χ0v) is 10.9. The van der Waals surface area contributed by atoms with Gasteiger partial charge in [0.15, 0.2) is 0 Å². The van der Waals surface area contributed by atoms with Gasteiger partial charge in [-0.05, 0) is 44.0 Å². The average molecular weight is 243 g/mol. The lowest BCUT2D eigenvalue weighted by Gasteiger charge is -2.22. The predicted octanol–water partition coefficient (Wildman–Crippen LogP) is 2.59. The van der Waals surface area contributed by atoms with Crippen LogP contribution in [0.1, 0.15) is 23.6 Å². The minimum atomic E-state index is 0.273. The number of rotatable bonds is 2. The van der Waals surface area contributed by atoms with Crippen molar-refractivity contribution in [2.75, 3.05) is 6.67 Å². The normalized spacial score (nSPS) is 15.2. The van der Waals surface area contributed by atoms with Gasteiger partial charge in [0.25, 0.3) is 0 Å². The van der Waals surface area contributed by atoms with E-state index in [1.807, 2.05) is 32.9 Å². The molecule has 94 valence electrons. The van der Waals surface area contributed by atoms with E-state index >= 15 is 0 Å². The summed E-state index contributed by atoms with van der Waals surface area (Å²) in [6, 6.07) is 3.80. The molecule has 1 aliphatic rings. The van der Waals surface area contributed by atoms with Crippen molar-refractivity contribution in [3.05, 3.63) is 40.6 Å². The van der Waals surface area contributed by atoms with E-state index in [2.05, 4.69) is 16.8 Å². The summed E-state index contributed by atoms with van der Waals surface area (Å²) in [6.07, 6.45) is 1.91. The molecule has 4 nitrogen and oxygen atoms in total. The second kappa shape index (κ2) is 4.64. The molecule has 0 atom stereocenters. The molecule has 1 aliphatic heterocycles. The number of aromatic hydroxyl groups is 1. The highest BCUT2D eigenvalue weighted by atomic mass is 16.3. The molecule has 0 saturated carbocycles. The lowest BCUT2D eigenvalue weighted by atomic mass is 9.99. The minimum absolute atomic E-state index is 0.273. The smallest absolute Gasteiger partial charge is 0.132 e. The average Bonchev–Trinajstić information content (AvgIpc) is 2.27. The first-order valence-corrected chi connectivity index (χ1v) is 5.80. The van der Waals surface area contributed by atoms with Crippen LogP contribution >= 0.6 is 0 Å². The number of hydrazone groups is 1. The molecule has 0 fully saturated rings. The van der Waals surface area contributed by atoms with Crippen molar-refractivity contribution in [1.29, 1.82) is 0 Å². The van der Waals surface area contributed by atoms with Crippen LogP contribution in [0.15, 0.2) is 34.0 Å². The molecule has 18 heavy (non-hydrogen) atoms. The number of hydrogen-bond donors (Lipinski definition) is 1. The van der Waals surface area contributed by atoms with Gasteiger partial charge in [0.2, 0.25) is 0 Å². The quantitative estimate of drug-likeness (QED) is 0.812. The van der Waals surface area contributed by atoms with Gasteiger partial charge < -0.3 is 5.11 Å². The topological polar surface area (TPSA) is 48.2 Å². The molecule has 2 rings (SSSR count). The molecule has 4 heteroatoms. The lowest BCUT2D eigenvalue weighted by molar-refractivity contribution is 0.377. The molecule has 1 aromatic carbocycles. The summed E-state index contributed by atoms with van der Waals surface area (Å²) < 4.78 is 0. The number of phenols is 1. The number of nitrogens with zero attached hydrogens (tertiary/aromatic N) is 3. The van der Waals surface area contributed by atoms with E-state index in [9.17, 15) is 5.11 Å². The number of hydrogen-bond acceptors (Lipinski definition) is 4. The maximum Gasteiger partial charge on any atom is 0.132 e. The Morgan fingerprint density at radius 3 is 2.61 bits per heavy atom. The third-order valence-electron chi connectivity index (χ3n) is 3.01. The van der Waals surface area contributed by atoms with Gasteiger partial charge in [-0.15, -0.1) is 0 Å². The first-order valence-electron chi connectivity index (χ1n) is 5.80. The van der Waals surface area contributed by atoms with Crippen LogP contribution in [0.2, 0.25) is 0 Å². The molecule has 0 saturated heterocycles. The van der Waals surface area contributed by atoms with Crippen LogP contribution in [0.3, 0.4) is 0 Å². The first-order chi connectivity index (χ1) is 8.52. The third-order valence-corrected chi connectivity index (χ3v) is 3.01. The van der Waals surface area contributed by atoms with Gasteiger partial charge in [-0.25, -0.2) is 5.01 Å². The fraction of sp³-hybridized carbons (Fsp3) is 0.286. The van der Waals surface area contributed by atoms with Crippen molar-refractivity contribution in [1.82, 2.24) is 5.01 Å². The van der Waals surface area contributed by atoms with Crippen molar-refractivity contribution in [3.8, 4) is 5.75 Å². The van der Waals surface area contributed by atoms with Crippen LogP contribution in [0, 0.1) is 13.8 Å². The number of aliphatic imine (C=N–C) groups is 1. The van der Waals surface area contributed by atoms with Crippen LogP contribution in [-0.4, -0.2) is 29.2 Å². The van der Waals surface area contributed by atoms with Crippen molar-refractivity contribution < 1.29 is 5.11 Å². The zero-order chi connectivity index (χ0) is 13.3. The number of phenolic OH excluding ortho intramolecular Hbond substituents is 1. The van der Waals surface area contributed by atoms with Gasteiger partial charge >= 0.3 is 0 Å². The van der Waals surface area contributed by atoms with Crippen molar-refractivity contribution >= 4 is 12.4 Å². The minimum Gasteiger partial charge on any atom is -0.507 e. The summed E-state index contributed by atoms with van der Waals surface area (Å²) >= 11 is 0. The maximum absolute atomic E-state index is 10.1. The Morgan fingerprint density at radius 2 is 2.06 bits per heavy atom. The molecular weight excluding hydrogens is 226 g/mol. The molecule has 0 aromatic heterocycles. The van der Waals surface area contributed by atoms with Crippen LogP contribution in [0.5, 0.6) is 5.75 Å². The molecule has 0 unspecified atom stereocenters. The predicted molar refractivity (Wildman–Crippen MR) is 74.1 cm³/mol. The van der Waals surface area contributed by atoms with Gasteiger partial charge in [0.1, 0.15) is 12.4 Å². The lowest BCUT2D eigenvalue weighted by Crippen LogP contribution is -2.21. The molecule has 0 spiro atoms. The van der Waals surface area contributed by atoms with Crippen LogP contribution in [0.4, 0.5) is 0 Å². The highest BCUT2D eigenvalue weighted by Gasteiger charge is 2.16. The van der Waals surface area contributed by atoms with Crippen LogP contribution in [-0.2, 0) is 0 Å².